The zero-order valence-electron chi connectivity index (χ0n) is 10.6. The highest BCUT2D eigenvalue weighted by atomic mass is 16.5. The summed E-state index contributed by atoms with van der Waals surface area (Å²) in [6, 6.07) is -0.433. The zero-order valence-corrected chi connectivity index (χ0v) is 10.6. The third-order valence-corrected chi connectivity index (χ3v) is 2.11. The van der Waals surface area contributed by atoms with Crippen LogP contribution in [0, 0.1) is 5.92 Å². The average molecular weight is 217 g/mol. The van der Waals surface area contributed by atoms with Crippen LogP contribution in [0.3, 0.4) is 0 Å². The Morgan fingerprint density at radius 2 is 1.80 bits per heavy atom. The van der Waals surface area contributed by atoms with Crippen LogP contribution in [0.25, 0.3) is 0 Å². The molecule has 0 aliphatic heterocycles. The lowest BCUT2D eigenvalue weighted by atomic mass is 9.96. The second kappa shape index (κ2) is 9.49. The van der Waals surface area contributed by atoms with Gasteiger partial charge in [0.25, 0.3) is 0 Å². The standard InChI is InChI=1S/C9H17NO3.C2H6/c1-5-6(2)8(7(3)11)10-9(12)13-4;1-2/h6,8H,5H2,1-4H3,(H,10,12);1-2H3. The van der Waals surface area contributed by atoms with Crippen molar-refractivity contribution in [3.63, 3.8) is 0 Å². The minimum atomic E-state index is -0.555. The molecule has 0 aromatic rings. The Morgan fingerprint density at radius 1 is 1.33 bits per heavy atom. The second-order valence-corrected chi connectivity index (χ2v) is 3.11. The molecule has 0 spiro atoms. The number of Topliss-reactive ketones (excluding diaryl/α,β-unsaturated/α-hetero) is 1. The van der Waals surface area contributed by atoms with E-state index in [1.54, 1.807) is 0 Å². The van der Waals surface area contributed by atoms with E-state index in [0.717, 1.165) is 6.42 Å². The fourth-order valence-electron chi connectivity index (χ4n) is 1.07. The topological polar surface area (TPSA) is 55.4 Å². The molecule has 1 N–H and O–H groups in total. The van der Waals surface area contributed by atoms with Gasteiger partial charge in [-0.15, -0.1) is 0 Å². The Morgan fingerprint density at radius 3 is 2.07 bits per heavy atom. The van der Waals surface area contributed by atoms with Crippen molar-refractivity contribution in [3.05, 3.63) is 0 Å². The number of rotatable bonds is 4. The van der Waals surface area contributed by atoms with Gasteiger partial charge in [-0.3, -0.25) is 4.79 Å². The van der Waals surface area contributed by atoms with Crippen molar-refractivity contribution in [3.8, 4) is 0 Å². The molecule has 4 heteroatoms. The first-order chi connectivity index (χ1) is 7.02. The molecule has 2 unspecified atom stereocenters. The molecule has 4 nitrogen and oxygen atoms in total. The van der Waals surface area contributed by atoms with Gasteiger partial charge in [0.1, 0.15) is 0 Å². The number of carbonyl (C=O) groups is 2. The number of ether oxygens (including phenoxy) is 1. The van der Waals surface area contributed by atoms with E-state index in [0.29, 0.717) is 0 Å². The molecule has 90 valence electrons. The first-order valence-electron chi connectivity index (χ1n) is 5.37. The van der Waals surface area contributed by atoms with Gasteiger partial charge in [-0.1, -0.05) is 34.1 Å². The van der Waals surface area contributed by atoms with Crippen molar-refractivity contribution in [2.45, 2.75) is 47.1 Å². The normalized spacial score (nSPS) is 12.9. The van der Waals surface area contributed by atoms with E-state index >= 15 is 0 Å². The molecule has 0 saturated heterocycles. The maximum atomic E-state index is 11.1. The smallest absolute Gasteiger partial charge is 0.407 e. The predicted molar refractivity (Wildman–Crippen MR) is 60.8 cm³/mol. The lowest BCUT2D eigenvalue weighted by Gasteiger charge is -2.20. The van der Waals surface area contributed by atoms with Crippen LogP contribution in [-0.4, -0.2) is 25.0 Å². The molecule has 0 radical (unpaired) electrons. The van der Waals surface area contributed by atoms with E-state index < -0.39 is 12.1 Å². The van der Waals surface area contributed by atoms with Gasteiger partial charge in [-0.25, -0.2) is 4.79 Å². The molecular formula is C11H23NO3. The highest BCUT2D eigenvalue weighted by Crippen LogP contribution is 2.08. The Kier molecular flexibility index (Phi) is 10.4. The van der Waals surface area contributed by atoms with Gasteiger partial charge >= 0.3 is 6.09 Å². The monoisotopic (exact) mass is 217 g/mol. The van der Waals surface area contributed by atoms with Crippen LogP contribution in [0.2, 0.25) is 0 Å². The molecule has 15 heavy (non-hydrogen) atoms. The number of ketones is 1. The largest absolute Gasteiger partial charge is 0.453 e. The van der Waals surface area contributed by atoms with Crippen LogP contribution >= 0.6 is 0 Å². The van der Waals surface area contributed by atoms with Crippen molar-refractivity contribution >= 4 is 11.9 Å². The van der Waals surface area contributed by atoms with E-state index in [1.807, 2.05) is 27.7 Å². The van der Waals surface area contributed by atoms with Crippen LogP contribution in [-0.2, 0) is 9.53 Å². The Labute approximate surface area is 92.4 Å². The summed E-state index contributed by atoms with van der Waals surface area (Å²) in [6.07, 6.45) is 0.286. The Bertz CT molecular complexity index is 192. The number of hydrogen-bond acceptors (Lipinski definition) is 3. The number of amides is 1. The van der Waals surface area contributed by atoms with E-state index in [1.165, 1.54) is 14.0 Å². The fourth-order valence-corrected chi connectivity index (χ4v) is 1.07. The summed E-state index contributed by atoms with van der Waals surface area (Å²) < 4.78 is 4.42. The molecule has 0 aromatic carbocycles. The molecule has 0 bridgehead atoms. The molecule has 2 atom stereocenters. The first kappa shape index (κ1) is 16.4. The number of hydrogen-bond donors (Lipinski definition) is 1. The lowest BCUT2D eigenvalue weighted by molar-refractivity contribution is -0.120. The minimum absolute atomic E-state index is 0.0419. The number of methoxy groups -OCH3 is 1. The maximum absolute atomic E-state index is 11.1. The summed E-state index contributed by atoms with van der Waals surface area (Å²) in [5.74, 6) is 0.0938. The Balaban J connectivity index is 0. The van der Waals surface area contributed by atoms with Gasteiger partial charge in [0.05, 0.1) is 13.2 Å². The summed E-state index contributed by atoms with van der Waals surface area (Å²) in [7, 11) is 1.28. The van der Waals surface area contributed by atoms with Crippen LogP contribution < -0.4 is 5.32 Å². The van der Waals surface area contributed by atoms with Crippen LogP contribution in [0.15, 0.2) is 0 Å². The van der Waals surface area contributed by atoms with Crippen LogP contribution in [0.5, 0.6) is 0 Å². The van der Waals surface area contributed by atoms with Crippen molar-refractivity contribution in [2.75, 3.05) is 7.11 Å². The number of nitrogens with one attached hydrogen (secondary N) is 1. The van der Waals surface area contributed by atoms with E-state index in [4.69, 9.17) is 0 Å². The molecule has 0 aliphatic rings. The van der Waals surface area contributed by atoms with Crippen molar-refractivity contribution in [1.82, 2.24) is 5.32 Å². The lowest BCUT2D eigenvalue weighted by Crippen LogP contribution is -2.43. The molecule has 0 aromatic heterocycles. The third kappa shape index (κ3) is 6.94. The van der Waals surface area contributed by atoms with Crippen molar-refractivity contribution in [2.24, 2.45) is 5.92 Å². The van der Waals surface area contributed by atoms with Gasteiger partial charge in [0, 0.05) is 0 Å². The molecule has 0 heterocycles. The van der Waals surface area contributed by atoms with Crippen molar-refractivity contribution < 1.29 is 14.3 Å². The van der Waals surface area contributed by atoms with Gasteiger partial charge in [0.2, 0.25) is 0 Å². The summed E-state index contributed by atoms with van der Waals surface area (Å²) in [5, 5.41) is 2.51. The molecule has 0 aliphatic carbocycles. The van der Waals surface area contributed by atoms with Gasteiger partial charge < -0.3 is 10.1 Å². The second-order valence-electron chi connectivity index (χ2n) is 3.11. The third-order valence-electron chi connectivity index (χ3n) is 2.11. The SMILES string of the molecule is CC.CCC(C)C(NC(=O)OC)C(C)=O. The molecular weight excluding hydrogens is 194 g/mol. The van der Waals surface area contributed by atoms with Gasteiger partial charge in [-0.2, -0.15) is 0 Å². The predicted octanol–water partition coefficient (Wildman–Crippen LogP) is 2.37. The van der Waals surface area contributed by atoms with Crippen molar-refractivity contribution in [1.29, 1.82) is 0 Å². The summed E-state index contributed by atoms with van der Waals surface area (Å²) in [6.45, 7) is 9.36. The minimum Gasteiger partial charge on any atom is -0.453 e. The fraction of sp³-hybridized carbons (Fsp3) is 0.818. The van der Waals surface area contributed by atoms with E-state index in [-0.39, 0.29) is 11.7 Å². The van der Waals surface area contributed by atoms with Crippen LogP contribution in [0.4, 0.5) is 4.79 Å². The van der Waals surface area contributed by atoms with Crippen LogP contribution in [0.1, 0.15) is 41.0 Å². The summed E-state index contributed by atoms with van der Waals surface area (Å²) in [4.78, 5) is 22.0. The molecule has 0 saturated carbocycles. The van der Waals surface area contributed by atoms with Gasteiger partial charge in [-0.05, 0) is 12.8 Å². The zero-order chi connectivity index (χ0) is 12.4. The highest BCUT2D eigenvalue weighted by Gasteiger charge is 2.22. The quantitative estimate of drug-likeness (QED) is 0.786. The summed E-state index contributed by atoms with van der Waals surface area (Å²) in [5.41, 5.74) is 0. The number of carbonyl (C=O) groups excluding carboxylic acids is 2. The van der Waals surface area contributed by atoms with Gasteiger partial charge in [0.15, 0.2) is 5.78 Å². The first-order valence-corrected chi connectivity index (χ1v) is 5.37. The van der Waals surface area contributed by atoms with E-state index in [9.17, 15) is 9.59 Å². The van der Waals surface area contributed by atoms with E-state index in [2.05, 4.69) is 10.1 Å². The maximum Gasteiger partial charge on any atom is 0.407 e. The molecule has 0 rings (SSSR count). The summed E-state index contributed by atoms with van der Waals surface area (Å²) >= 11 is 0. The highest BCUT2D eigenvalue weighted by molar-refractivity contribution is 5.85. The Hall–Kier alpha value is -1.06. The molecule has 0 fully saturated rings. The molecule has 1 amide bonds. The average Bonchev–Trinajstić information content (AvgIpc) is 2.26. The number of alkyl carbamates (subject to hydrolysis) is 1.